The summed E-state index contributed by atoms with van der Waals surface area (Å²) in [7, 11) is 0. The van der Waals surface area contributed by atoms with Crippen molar-refractivity contribution in [3.63, 3.8) is 0 Å². The monoisotopic (exact) mass is 614 g/mol. The molecule has 2 N–H and O–H groups in total. The predicted molar refractivity (Wildman–Crippen MR) is 190 cm³/mol. The Morgan fingerprint density at radius 2 is 1.22 bits per heavy atom. The van der Waals surface area contributed by atoms with E-state index in [2.05, 4.69) is 30.4 Å². The molecule has 0 bridgehead atoms. The number of amides is 2. The van der Waals surface area contributed by atoms with E-state index in [1.807, 2.05) is 120 Å². The second kappa shape index (κ2) is 18.5. The summed E-state index contributed by atoms with van der Waals surface area (Å²) in [6, 6.07) is 16.0. The van der Waals surface area contributed by atoms with Crippen molar-refractivity contribution < 1.29 is 19.1 Å². The Morgan fingerprint density at radius 3 is 1.64 bits per heavy atom. The summed E-state index contributed by atoms with van der Waals surface area (Å²) in [5.41, 5.74) is 4.82. The summed E-state index contributed by atoms with van der Waals surface area (Å²) >= 11 is 0. The lowest BCUT2D eigenvalue weighted by Gasteiger charge is -2.27. The molecule has 2 amide bonds. The number of benzene rings is 2. The lowest BCUT2D eigenvalue weighted by molar-refractivity contribution is 0.146. The normalized spacial score (nSPS) is 12.2. The number of ether oxygens (including phenoxy) is 2. The van der Waals surface area contributed by atoms with E-state index in [9.17, 15) is 9.59 Å². The van der Waals surface area contributed by atoms with Gasteiger partial charge in [-0.3, -0.25) is 0 Å². The van der Waals surface area contributed by atoms with Crippen molar-refractivity contribution >= 4 is 23.3 Å². The quantitative estimate of drug-likeness (QED) is 0.185. The Morgan fingerprint density at radius 1 is 0.778 bits per heavy atom. The van der Waals surface area contributed by atoms with E-state index in [-0.39, 0.29) is 26.6 Å². The van der Waals surface area contributed by atoms with E-state index < -0.39 is 23.3 Å². The van der Waals surface area contributed by atoms with Gasteiger partial charge in [0.25, 0.3) is 0 Å². The average Bonchev–Trinajstić information content (AvgIpc) is 2.97. The van der Waals surface area contributed by atoms with Gasteiger partial charge in [-0.25, -0.2) is 9.59 Å². The largest absolute Gasteiger partial charge is 0.445 e. The van der Waals surface area contributed by atoms with Crippen molar-refractivity contribution in [1.29, 1.82) is 0 Å². The molecular formula is C39H54N2O4. The second-order valence-electron chi connectivity index (χ2n) is 12.2. The fourth-order valence-corrected chi connectivity index (χ4v) is 4.49. The lowest BCUT2D eigenvalue weighted by Crippen LogP contribution is -2.41. The Hall–Kier alpha value is -4.32. The summed E-state index contributed by atoms with van der Waals surface area (Å²) in [5.74, 6) is 0.282. The Labute approximate surface area is 272 Å². The zero-order valence-electron chi connectivity index (χ0n) is 27.4. The number of nitrogens with one attached hydrogen (secondary N) is 2. The molecule has 0 spiro atoms. The van der Waals surface area contributed by atoms with E-state index >= 15 is 0 Å². The molecule has 244 valence electrons. The average molecular weight is 615 g/mol. The molecule has 1 atom stereocenters. The molecule has 0 saturated heterocycles. The minimum Gasteiger partial charge on any atom is -0.445 e. The number of allylic oxidation sites excluding steroid dienone is 5. The van der Waals surface area contributed by atoms with Crippen LogP contribution in [0.5, 0.6) is 0 Å². The highest BCUT2D eigenvalue weighted by Crippen LogP contribution is 2.25. The molecule has 0 aliphatic carbocycles. The molecular weight excluding hydrogens is 560 g/mol. The molecule has 0 fully saturated rings. The van der Waals surface area contributed by atoms with Gasteiger partial charge in [0, 0.05) is 0 Å². The highest BCUT2D eigenvalue weighted by Gasteiger charge is 2.25. The minimum atomic E-state index is -0.587. The highest BCUT2D eigenvalue weighted by atomic mass is 16.6. The predicted octanol–water partition coefficient (Wildman–Crippen LogP) is 10.1. The summed E-state index contributed by atoms with van der Waals surface area (Å²) in [4.78, 5) is 24.8. The van der Waals surface area contributed by atoms with Gasteiger partial charge < -0.3 is 20.1 Å². The molecule has 2 aromatic rings. The van der Waals surface area contributed by atoms with Gasteiger partial charge in [-0.05, 0) is 101 Å². The van der Waals surface area contributed by atoms with Crippen molar-refractivity contribution in [2.75, 3.05) is 13.2 Å². The van der Waals surface area contributed by atoms with Crippen LogP contribution in [-0.4, -0.2) is 25.4 Å². The third kappa shape index (κ3) is 13.5. The number of alkyl carbamates (subject to hydrolysis) is 2. The van der Waals surface area contributed by atoms with Crippen LogP contribution in [0.15, 0.2) is 98.6 Å². The summed E-state index contributed by atoms with van der Waals surface area (Å²) in [5, 5.41) is 5.88. The van der Waals surface area contributed by atoms with E-state index in [4.69, 9.17) is 9.47 Å². The lowest BCUT2D eigenvalue weighted by atomic mass is 9.92. The number of hydrogen-bond acceptors (Lipinski definition) is 4. The first-order valence-corrected chi connectivity index (χ1v) is 15.1. The molecule has 2 aromatic carbocycles. The Kier molecular flexibility index (Phi) is 15.9. The van der Waals surface area contributed by atoms with E-state index in [1.54, 1.807) is 0 Å². The van der Waals surface area contributed by atoms with Crippen LogP contribution in [0.3, 0.4) is 0 Å². The van der Waals surface area contributed by atoms with Crippen LogP contribution in [0.2, 0.25) is 0 Å². The molecule has 1 unspecified atom stereocenters. The number of rotatable bonds is 16. The van der Waals surface area contributed by atoms with Crippen molar-refractivity contribution in [2.45, 2.75) is 79.3 Å². The molecule has 0 radical (unpaired) electrons. The SMILES string of the molecule is C.C=CC(C/C=C/COC(=O)NC(C)(C)c1cccc(C(=C)C)c1)CC/C=C\COC(=O)NC(C)(C)c1cccc(C(=C)C)c1. The van der Waals surface area contributed by atoms with Crippen LogP contribution in [-0.2, 0) is 20.6 Å². The van der Waals surface area contributed by atoms with Crippen LogP contribution in [0.1, 0.15) is 90.5 Å². The van der Waals surface area contributed by atoms with Crippen molar-refractivity contribution in [3.05, 3.63) is 121 Å². The standard InChI is InChI=1S/C38H50N2O4.CH4/c1-10-30(19-13-15-25-44-36(42)40-38(8,9)34-23-17-21-32(27-34)29(4)5)18-12-11-14-24-43-35(41)39-37(6,7)33-22-16-20-31(26-33)28(2)3;/h10-11,13-17,20-23,26-27,30H,1-2,4,12,18-19,24-25H2,3,5-9H3,(H,39,41)(H,40,42);1H4/b14-11-,15-13+;. The molecule has 0 saturated carbocycles. The number of carbonyl (C=O) groups is 2. The fourth-order valence-electron chi connectivity index (χ4n) is 4.49. The topological polar surface area (TPSA) is 76.7 Å². The fraction of sp³-hybridized carbons (Fsp3) is 0.385. The molecule has 0 heterocycles. The van der Waals surface area contributed by atoms with Gasteiger partial charge in [0.05, 0.1) is 11.1 Å². The van der Waals surface area contributed by atoms with Crippen molar-refractivity contribution in [2.24, 2.45) is 5.92 Å². The zero-order valence-corrected chi connectivity index (χ0v) is 27.4. The van der Waals surface area contributed by atoms with Crippen LogP contribution < -0.4 is 10.6 Å². The van der Waals surface area contributed by atoms with Gasteiger partial charge in [0.2, 0.25) is 0 Å². The van der Waals surface area contributed by atoms with Crippen LogP contribution in [0.4, 0.5) is 9.59 Å². The first-order chi connectivity index (χ1) is 20.7. The summed E-state index contributed by atoms with van der Waals surface area (Å²) in [6.07, 6.45) is 11.2. The van der Waals surface area contributed by atoms with E-state index in [0.29, 0.717) is 0 Å². The molecule has 0 aliphatic rings. The van der Waals surface area contributed by atoms with Gasteiger partial charge in [-0.2, -0.15) is 0 Å². The van der Waals surface area contributed by atoms with Crippen molar-refractivity contribution in [1.82, 2.24) is 10.6 Å². The number of hydrogen-bond donors (Lipinski definition) is 2. The van der Waals surface area contributed by atoms with Gasteiger partial charge in [0.15, 0.2) is 0 Å². The molecule has 0 aromatic heterocycles. The summed E-state index contributed by atoms with van der Waals surface area (Å²) in [6.45, 7) is 24.0. The Bertz CT molecular complexity index is 1370. The van der Waals surface area contributed by atoms with Crippen molar-refractivity contribution in [3.8, 4) is 0 Å². The van der Waals surface area contributed by atoms with Crippen LogP contribution in [0, 0.1) is 5.92 Å². The maximum Gasteiger partial charge on any atom is 0.408 e. The van der Waals surface area contributed by atoms with Crippen LogP contribution >= 0.6 is 0 Å². The first kappa shape index (κ1) is 38.7. The van der Waals surface area contributed by atoms with Crippen LogP contribution in [0.25, 0.3) is 11.1 Å². The van der Waals surface area contributed by atoms with Gasteiger partial charge in [-0.15, -0.1) is 6.58 Å². The smallest absolute Gasteiger partial charge is 0.408 e. The Balaban J connectivity index is 0.0000101. The van der Waals surface area contributed by atoms with E-state index in [0.717, 1.165) is 52.7 Å². The molecule has 6 nitrogen and oxygen atoms in total. The second-order valence-corrected chi connectivity index (χ2v) is 12.2. The van der Waals surface area contributed by atoms with E-state index in [1.165, 1.54) is 0 Å². The third-order valence-corrected chi connectivity index (χ3v) is 7.41. The zero-order chi connectivity index (χ0) is 32.8. The molecule has 2 rings (SSSR count). The first-order valence-electron chi connectivity index (χ1n) is 15.1. The van der Waals surface area contributed by atoms with Gasteiger partial charge >= 0.3 is 12.2 Å². The van der Waals surface area contributed by atoms with Gasteiger partial charge in [-0.1, -0.05) is 98.5 Å². The number of carbonyl (C=O) groups excluding carboxylic acids is 2. The molecule has 6 heteroatoms. The summed E-state index contributed by atoms with van der Waals surface area (Å²) < 4.78 is 10.7. The highest BCUT2D eigenvalue weighted by molar-refractivity contribution is 5.70. The maximum absolute atomic E-state index is 12.4. The third-order valence-electron chi connectivity index (χ3n) is 7.41. The van der Waals surface area contributed by atoms with Gasteiger partial charge in [0.1, 0.15) is 13.2 Å². The molecule has 45 heavy (non-hydrogen) atoms. The minimum absolute atomic E-state index is 0. The maximum atomic E-state index is 12.4. The molecule has 0 aliphatic heterocycles.